The second-order valence-corrected chi connectivity index (χ2v) is 7.18. The fraction of sp³-hybridized carbons (Fsp3) is 0.350. The minimum atomic E-state index is -1.71. The fourth-order valence-electron chi connectivity index (χ4n) is 3.61. The Morgan fingerprint density at radius 2 is 1.73 bits per heavy atom. The first-order chi connectivity index (χ1) is 14.2. The van der Waals surface area contributed by atoms with E-state index in [-0.39, 0.29) is 33.2 Å². The zero-order valence-electron chi connectivity index (χ0n) is 15.7. The van der Waals surface area contributed by atoms with E-state index in [1.54, 1.807) is 6.92 Å². The van der Waals surface area contributed by atoms with Crippen molar-refractivity contribution in [2.75, 3.05) is 6.61 Å². The average Bonchev–Trinajstić information content (AvgIpc) is 2.67. The van der Waals surface area contributed by atoms with Gasteiger partial charge < -0.3 is 44.5 Å². The monoisotopic (exact) mass is 420 g/mol. The molecule has 1 saturated heterocycles. The molecule has 6 N–H and O–H groups in total. The number of hydrogen-bond acceptors (Lipinski definition) is 10. The Labute approximate surface area is 168 Å². The normalized spacial score (nSPS) is 26.9. The van der Waals surface area contributed by atoms with Gasteiger partial charge in [0, 0.05) is 12.1 Å². The van der Waals surface area contributed by atoms with Crippen molar-refractivity contribution in [1.82, 2.24) is 0 Å². The van der Waals surface area contributed by atoms with E-state index in [0.717, 1.165) is 6.07 Å². The predicted octanol–water partition coefficient (Wildman–Crippen LogP) is -0.155. The van der Waals surface area contributed by atoms with Gasteiger partial charge in [0.2, 0.25) is 6.29 Å². The van der Waals surface area contributed by atoms with E-state index in [0.29, 0.717) is 5.76 Å². The van der Waals surface area contributed by atoms with Crippen LogP contribution in [0, 0.1) is 6.92 Å². The van der Waals surface area contributed by atoms with Gasteiger partial charge in [-0.2, -0.15) is 0 Å². The molecule has 1 aliphatic heterocycles. The molecule has 10 nitrogen and oxygen atoms in total. The van der Waals surface area contributed by atoms with Gasteiger partial charge in [-0.15, -0.1) is 0 Å². The maximum Gasteiger partial charge on any atom is 0.229 e. The van der Waals surface area contributed by atoms with Gasteiger partial charge >= 0.3 is 0 Å². The van der Waals surface area contributed by atoms with Crippen molar-refractivity contribution in [3.63, 3.8) is 0 Å². The van der Waals surface area contributed by atoms with Gasteiger partial charge in [-0.05, 0) is 24.4 Å². The summed E-state index contributed by atoms with van der Waals surface area (Å²) >= 11 is 0. The van der Waals surface area contributed by atoms with Crippen molar-refractivity contribution >= 4 is 21.7 Å². The van der Waals surface area contributed by atoms with Gasteiger partial charge in [0.1, 0.15) is 58.4 Å². The number of phenolic OH excluding ortho intramolecular Hbond substituents is 1. The van der Waals surface area contributed by atoms with Crippen LogP contribution in [0.2, 0.25) is 0 Å². The highest BCUT2D eigenvalue weighted by atomic mass is 16.7. The van der Waals surface area contributed by atoms with E-state index in [1.807, 2.05) is 0 Å². The van der Waals surface area contributed by atoms with Gasteiger partial charge in [-0.25, -0.2) is 0 Å². The first-order valence-corrected chi connectivity index (χ1v) is 9.11. The molecule has 4 rings (SSSR count). The molecule has 0 amide bonds. The number of fused-ring (bicyclic) bond motifs is 2. The van der Waals surface area contributed by atoms with Crippen LogP contribution in [-0.4, -0.2) is 68.0 Å². The quantitative estimate of drug-likeness (QED) is 0.313. The highest BCUT2D eigenvalue weighted by molar-refractivity contribution is 6.07. The van der Waals surface area contributed by atoms with Gasteiger partial charge in [0.05, 0.1) is 12.0 Å². The number of rotatable bonds is 3. The molecule has 0 bridgehead atoms. The molecular formula is C20H20O10. The minimum absolute atomic E-state index is 0.00889. The molecule has 0 unspecified atom stereocenters. The van der Waals surface area contributed by atoms with Crippen LogP contribution >= 0.6 is 0 Å². The number of benzene rings is 2. The summed E-state index contributed by atoms with van der Waals surface area (Å²) in [7, 11) is 0. The van der Waals surface area contributed by atoms with Crippen LogP contribution in [0.1, 0.15) is 5.76 Å². The molecule has 2 aromatic carbocycles. The Balaban J connectivity index is 1.87. The summed E-state index contributed by atoms with van der Waals surface area (Å²) in [5.41, 5.74) is -0.348. The maximum atomic E-state index is 12.2. The van der Waals surface area contributed by atoms with Crippen molar-refractivity contribution in [2.45, 2.75) is 37.6 Å². The van der Waals surface area contributed by atoms with Crippen molar-refractivity contribution in [1.29, 1.82) is 0 Å². The Morgan fingerprint density at radius 1 is 1.00 bits per heavy atom. The third kappa shape index (κ3) is 3.24. The van der Waals surface area contributed by atoms with Crippen LogP contribution in [0.15, 0.2) is 33.5 Å². The summed E-state index contributed by atoms with van der Waals surface area (Å²) in [6.45, 7) is 0.954. The third-order valence-electron chi connectivity index (χ3n) is 5.07. The summed E-state index contributed by atoms with van der Waals surface area (Å²) in [5, 5.41) is 60.7. The van der Waals surface area contributed by atoms with Gasteiger partial charge in [-0.1, -0.05) is 0 Å². The molecule has 1 aliphatic rings. The Kier molecular flexibility index (Phi) is 5.04. The fourth-order valence-corrected chi connectivity index (χ4v) is 3.61. The van der Waals surface area contributed by atoms with E-state index >= 15 is 0 Å². The minimum Gasteiger partial charge on any atom is -0.507 e. The Hall–Kier alpha value is -2.89. The van der Waals surface area contributed by atoms with Crippen LogP contribution in [-0.2, 0) is 4.74 Å². The molecule has 0 radical (unpaired) electrons. The lowest BCUT2D eigenvalue weighted by Crippen LogP contribution is -2.60. The van der Waals surface area contributed by atoms with Crippen molar-refractivity contribution in [3.05, 3.63) is 40.2 Å². The molecule has 1 aromatic heterocycles. The lowest BCUT2D eigenvalue weighted by molar-refractivity contribution is -0.277. The van der Waals surface area contributed by atoms with E-state index in [1.165, 1.54) is 18.2 Å². The van der Waals surface area contributed by atoms with Gasteiger partial charge in [-0.3, -0.25) is 4.79 Å². The summed E-state index contributed by atoms with van der Waals surface area (Å²) < 4.78 is 16.4. The molecule has 160 valence electrons. The highest BCUT2D eigenvalue weighted by Crippen LogP contribution is 2.43. The lowest BCUT2D eigenvalue weighted by Gasteiger charge is -2.39. The molecular weight excluding hydrogens is 400 g/mol. The number of aliphatic hydroxyl groups is 4. The zero-order chi connectivity index (χ0) is 21.7. The van der Waals surface area contributed by atoms with Crippen LogP contribution in [0.4, 0.5) is 0 Å². The molecule has 10 heteroatoms. The van der Waals surface area contributed by atoms with Crippen molar-refractivity contribution < 1.29 is 44.5 Å². The number of aromatic hydroxyl groups is 2. The van der Waals surface area contributed by atoms with E-state index < -0.39 is 48.5 Å². The maximum absolute atomic E-state index is 12.2. The van der Waals surface area contributed by atoms with Crippen molar-refractivity contribution in [3.8, 4) is 17.2 Å². The van der Waals surface area contributed by atoms with Crippen LogP contribution in [0.5, 0.6) is 17.2 Å². The number of aryl methyl sites for hydroxylation is 1. The van der Waals surface area contributed by atoms with Gasteiger partial charge in [0.25, 0.3) is 0 Å². The molecule has 3 aromatic rings. The summed E-state index contributed by atoms with van der Waals surface area (Å²) in [4.78, 5) is 12.2. The molecule has 0 saturated carbocycles. The first kappa shape index (κ1) is 20.4. The lowest BCUT2D eigenvalue weighted by atomic mass is 9.99. The summed E-state index contributed by atoms with van der Waals surface area (Å²) in [6, 6.07) is 5.02. The van der Waals surface area contributed by atoms with Crippen LogP contribution in [0.25, 0.3) is 21.7 Å². The third-order valence-corrected chi connectivity index (χ3v) is 5.07. The highest BCUT2D eigenvalue weighted by Gasteiger charge is 2.45. The van der Waals surface area contributed by atoms with Crippen molar-refractivity contribution in [2.24, 2.45) is 0 Å². The Bertz CT molecular complexity index is 1170. The average molecular weight is 420 g/mol. The number of ether oxygens (including phenoxy) is 2. The topological polar surface area (TPSA) is 170 Å². The summed E-state index contributed by atoms with van der Waals surface area (Å²) in [5.74, 6) is -0.488. The predicted molar refractivity (Wildman–Crippen MR) is 102 cm³/mol. The summed E-state index contributed by atoms with van der Waals surface area (Å²) in [6.07, 6.45) is -7.73. The van der Waals surface area contributed by atoms with E-state index in [9.17, 15) is 35.4 Å². The SMILES string of the molecule is Cc1cc(O)c2c(O)c3c(O[C@@H]4O[C@H](CO)[C@@H](O)[C@H](O)[C@H]4O)cc(=O)cc3cc2o1. The standard InChI is InChI=1S/C20H20O10/c1-7-2-10(23)15-11(28-7)4-8-3-9(22)5-12(14(8)17(15)25)29-20-19(27)18(26)16(24)13(6-21)30-20/h2-5,13,16,18-21,23-27H,6H2,1H3/t13-,16-,18+,19-,20-/m1/s1. The molecule has 2 heterocycles. The number of hydrogen-bond donors (Lipinski definition) is 6. The zero-order valence-corrected chi connectivity index (χ0v) is 15.7. The van der Waals surface area contributed by atoms with E-state index in [2.05, 4.69) is 0 Å². The number of phenols is 1. The largest absolute Gasteiger partial charge is 0.507 e. The van der Waals surface area contributed by atoms with Crippen LogP contribution < -0.4 is 10.2 Å². The van der Waals surface area contributed by atoms with Crippen LogP contribution in [0.3, 0.4) is 0 Å². The molecule has 0 aliphatic carbocycles. The Morgan fingerprint density at radius 3 is 2.43 bits per heavy atom. The van der Waals surface area contributed by atoms with Gasteiger partial charge in [0.15, 0.2) is 5.43 Å². The second kappa shape index (κ2) is 7.42. The number of aliphatic hydroxyl groups excluding tert-OH is 4. The molecule has 0 spiro atoms. The first-order valence-electron chi connectivity index (χ1n) is 9.11. The smallest absolute Gasteiger partial charge is 0.229 e. The van der Waals surface area contributed by atoms with E-state index in [4.69, 9.17) is 13.9 Å². The molecule has 1 fully saturated rings. The second-order valence-electron chi connectivity index (χ2n) is 7.18. The molecule has 5 atom stereocenters. The molecule has 30 heavy (non-hydrogen) atoms.